The SMILES string of the molecule is Cc1cc(CCN2CCNCC2)ccn1. The molecule has 0 radical (unpaired) electrons. The van der Waals surface area contributed by atoms with E-state index in [2.05, 4.69) is 27.3 Å². The lowest BCUT2D eigenvalue weighted by Gasteiger charge is -2.27. The topological polar surface area (TPSA) is 28.2 Å². The number of nitrogens with one attached hydrogen (secondary N) is 1. The van der Waals surface area contributed by atoms with E-state index in [1.54, 1.807) is 0 Å². The molecule has 1 saturated heterocycles. The van der Waals surface area contributed by atoms with E-state index in [0.717, 1.165) is 25.2 Å². The number of hydrogen-bond acceptors (Lipinski definition) is 3. The quantitative estimate of drug-likeness (QED) is 0.792. The molecule has 3 heteroatoms. The Morgan fingerprint density at radius 3 is 2.93 bits per heavy atom. The lowest BCUT2D eigenvalue weighted by atomic mass is 10.1. The third kappa shape index (κ3) is 3.29. The van der Waals surface area contributed by atoms with E-state index in [9.17, 15) is 0 Å². The molecule has 0 amide bonds. The summed E-state index contributed by atoms with van der Waals surface area (Å²) in [6.07, 6.45) is 3.05. The van der Waals surface area contributed by atoms with E-state index >= 15 is 0 Å². The van der Waals surface area contributed by atoms with Gasteiger partial charge in [-0.1, -0.05) is 0 Å². The van der Waals surface area contributed by atoms with E-state index in [-0.39, 0.29) is 0 Å². The average Bonchev–Trinajstić information content (AvgIpc) is 2.28. The first kappa shape index (κ1) is 10.6. The van der Waals surface area contributed by atoms with Crippen LogP contribution in [0.3, 0.4) is 0 Å². The van der Waals surface area contributed by atoms with Crippen molar-refractivity contribution >= 4 is 0 Å². The smallest absolute Gasteiger partial charge is 0.0375 e. The fourth-order valence-electron chi connectivity index (χ4n) is 1.98. The number of hydrogen-bond donors (Lipinski definition) is 1. The normalized spacial score (nSPS) is 17.9. The number of piperazine rings is 1. The second-order valence-electron chi connectivity index (χ2n) is 4.15. The molecule has 1 aliphatic heterocycles. The Hall–Kier alpha value is -0.930. The Kier molecular flexibility index (Phi) is 3.69. The maximum Gasteiger partial charge on any atom is 0.0375 e. The van der Waals surface area contributed by atoms with E-state index in [1.165, 1.54) is 25.2 Å². The fourth-order valence-corrected chi connectivity index (χ4v) is 1.98. The van der Waals surface area contributed by atoms with Crippen molar-refractivity contribution in [3.63, 3.8) is 0 Å². The first-order valence-electron chi connectivity index (χ1n) is 5.69. The zero-order valence-electron chi connectivity index (χ0n) is 9.37. The monoisotopic (exact) mass is 205 g/mol. The average molecular weight is 205 g/mol. The highest BCUT2D eigenvalue weighted by Gasteiger charge is 2.08. The summed E-state index contributed by atoms with van der Waals surface area (Å²) in [5.74, 6) is 0. The molecule has 1 aromatic rings. The molecule has 1 N–H and O–H groups in total. The molecule has 1 aliphatic rings. The highest BCUT2D eigenvalue weighted by molar-refractivity contribution is 5.15. The van der Waals surface area contributed by atoms with Crippen LogP contribution in [0.25, 0.3) is 0 Å². The van der Waals surface area contributed by atoms with Crippen molar-refractivity contribution in [2.24, 2.45) is 0 Å². The predicted molar refractivity (Wildman–Crippen MR) is 62.0 cm³/mol. The highest BCUT2D eigenvalue weighted by atomic mass is 15.2. The number of aromatic nitrogens is 1. The van der Waals surface area contributed by atoms with Gasteiger partial charge in [0.1, 0.15) is 0 Å². The van der Waals surface area contributed by atoms with Crippen molar-refractivity contribution < 1.29 is 0 Å². The van der Waals surface area contributed by atoms with Crippen LogP contribution in [0.5, 0.6) is 0 Å². The molecule has 3 nitrogen and oxygen atoms in total. The minimum Gasteiger partial charge on any atom is -0.314 e. The first-order chi connectivity index (χ1) is 7.34. The van der Waals surface area contributed by atoms with E-state index < -0.39 is 0 Å². The molecule has 1 fully saturated rings. The largest absolute Gasteiger partial charge is 0.314 e. The van der Waals surface area contributed by atoms with Crippen LogP contribution in [0.2, 0.25) is 0 Å². The Balaban J connectivity index is 1.81. The van der Waals surface area contributed by atoms with E-state index in [4.69, 9.17) is 0 Å². The lowest BCUT2D eigenvalue weighted by molar-refractivity contribution is 0.244. The molecule has 0 spiro atoms. The van der Waals surface area contributed by atoms with Gasteiger partial charge in [-0.15, -0.1) is 0 Å². The predicted octanol–water partition coefficient (Wildman–Crippen LogP) is 0.838. The molecule has 82 valence electrons. The Labute approximate surface area is 91.5 Å². The van der Waals surface area contributed by atoms with Gasteiger partial charge in [-0.2, -0.15) is 0 Å². The Bertz CT molecular complexity index is 305. The number of rotatable bonds is 3. The summed E-state index contributed by atoms with van der Waals surface area (Å²) in [6, 6.07) is 4.30. The van der Waals surface area contributed by atoms with Crippen molar-refractivity contribution in [2.45, 2.75) is 13.3 Å². The van der Waals surface area contributed by atoms with Gasteiger partial charge < -0.3 is 10.2 Å². The molecule has 2 rings (SSSR count). The van der Waals surface area contributed by atoms with Gasteiger partial charge in [0.25, 0.3) is 0 Å². The van der Waals surface area contributed by atoms with Crippen LogP contribution in [0.15, 0.2) is 18.3 Å². The molecule has 2 heterocycles. The van der Waals surface area contributed by atoms with Gasteiger partial charge in [-0.05, 0) is 31.0 Å². The molecule has 0 unspecified atom stereocenters. The Morgan fingerprint density at radius 2 is 2.20 bits per heavy atom. The summed E-state index contributed by atoms with van der Waals surface area (Å²) < 4.78 is 0. The van der Waals surface area contributed by atoms with Crippen LogP contribution in [0.4, 0.5) is 0 Å². The van der Waals surface area contributed by atoms with Crippen molar-refractivity contribution in [1.29, 1.82) is 0 Å². The minimum atomic E-state index is 1.12. The fraction of sp³-hybridized carbons (Fsp3) is 0.583. The van der Waals surface area contributed by atoms with E-state index in [1.807, 2.05) is 13.1 Å². The van der Waals surface area contributed by atoms with Crippen molar-refractivity contribution in [1.82, 2.24) is 15.2 Å². The molecule has 0 bridgehead atoms. The maximum absolute atomic E-state index is 4.21. The third-order valence-corrected chi connectivity index (χ3v) is 2.89. The van der Waals surface area contributed by atoms with Crippen LogP contribution in [-0.2, 0) is 6.42 Å². The van der Waals surface area contributed by atoms with Gasteiger partial charge in [0, 0.05) is 44.6 Å². The van der Waals surface area contributed by atoms with E-state index in [0.29, 0.717) is 0 Å². The number of nitrogens with zero attached hydrogens (tertiary/aromatic N) is 2. The molecular weight excluding hydrogens is 186 g/mol. The van der Waals surface area contributed by atoms with Gasteiger partial charge >= 0.3 is 0 Å². The molecular formula is C12H19N3. The zero-order chi connectivity index (χ0) is 10.5. The number of aryl methyl sites for hydroxylation is 1. The molecule has 1 aromatic heterocycles. The third-order valence-electron chi connectivity index (χ3n) is 2.89. The van der Waals surface area contributed by atoms with Gasteiger partial charge in [-0.25, -0.2) is 0 Å². The Morgan fingerprint density at radius 1 is 1.40 bits per heavy atom. The summed E-state index contributed by atoms with van der Waals surface area (Å²) in [6.45, 7) is 7.86. The van der Waals surface area contributed by atoms with Gasteiger partial charge in [0.2, 0.25) is 0 Å². The summed E-state index contributed by atoms with van der Waals surface area (Å²) in [5.41, 5.74) is 2.52. The number of pyridine rings is 1. The lowest BCUT2D eigenvalue weighted by Crippen LogP contribution is -2.44. The molecule has 0 aliphatic carbocycles. The standard InChI is InChI=1S/C12H19N3/c1-11-10-12(2-4-14-11)3-7-15-8-5-13-6-9-15/h2,4,10,13H,3,5-9H2,1H3. The zero-order valence-corrected chi connectivity index (χ0v) is 9.37. The molecule has 0 saturated carbocycles. The molecule has 15 heavy (non-hydrogen) atoms. The highest BCUT2D eigenvalue weighted by Crippen LogP contribution is 2.03. The summed E-state index contributed by atoms with van der Waals surface area (Å²) in [5, 5.41) is 3.37. The molecule has 0 atom stereocenters. The molecule has 0 aromatic carbocycles. The van der Waals surface area contributed by atoms with Crippen LogP contribution in [0, 0.1) is 6.92 Å². The second kappa shape index (κ2) is 5.24. The second-order valence-corrected chi connectivity index (χ2v) is 4.15. The summed E-state index contributed by atoms with van der Waals surface area (Å²) in [7, 11) is 0. The maximum atomic E-state index is 4.21. The van der Waals surface area contributed by atoms with Gasteiger partial charge in [-0.3, -0.25) is 4.98 Å². The summed E-state index contributed by atoms with van der Waals surface area (Å²) >= 11 is 0. The van der Waals surface area contributed by atoms with Gasteiger partial charge in [0.05, 0.1) is 0 Å². The summed E-state index contributed by atoms with van der Waals surface area (Å²) in [4.78, 5) is 6.73. The van der Waals surface area contributed by atoms with Crippen LogP contribution >= 0.6 is 0 Å². The van der Waals surface area contributed by atoms with Crippen LogP contribution in [0.1, 0.15) is 11.3 Å². The van der Waals surface area contributed by atoms with Gasteiger partial charge in [0.15, 0.2) is 0 Å². The van der Waals surface area contributed by atoms with Crippen LogP contribution < -0.4 is 5.32 Å². The van der Waals surface area contributed by atoms with Crippen molar-refractivity contribution in [3.8, 4) is 0 Å². The van der Waals surface area contributed by atoms with Crippen molar-refractivity contribution in [2.75, 3.05) is 32.7 Å². The van der Waals surface area contributed by atoms with Crippen LogP contribution in [-0.4, -0.2) is 42.6 Å². The van der Waals surface area contributed by atoms with Crippen molar-refractivity contribution in [3.05, 3.63) is 29.6 Å². The minimum absolute atomic E-state index is 1.12. The first-order valence-corrected chi connectivity index (χ1v) is 5.69.